The molecule has 13 heavy (non-hydrogen) atoms. The fraction of sp³-hybridized carbons (Fsp3) is 1.00. The summed E-state index contributed by atoms with van der Waals surface area (Å²) in [5.41, 5.74) is 0. The second-order valence-electron chi connectivity index (χ2n) is 4.24. The van der Waals surface area contributed by atoms with Gasteiger partial charge in [-0.3, -0.25) is 0 Å². The van der Waals surface area contributed by atoms with E-state index in [0.29, 0.717) is 18.0 Å². The summed E-state index contributed by atoms with van der Waals surface area (Å²) in [4.78, 5) is 0. The van der Waals surface area contributed by atoms with Crippen LogP contribution >= 0.6 is 11.8 Å². The molecule has 0 aromatic heterocycles. The second-order valence-corrected chi connectivity index (χ2v) is 5.39. The second kappa shape index (κ2) is 5.89. The van der Waals surface area contributed by atoms with Gasteiger partial charge in [0.15, 0.2) is 0 Å². The molecule has 0 aromatic carbocycles. The van der Waals surface area contributed by atoms with Crippen LogP contribution in [0.3, 0.4) is 0 Å². The van der Waals surface area contributed by atoms with Crippen LogP contribution in [-0.2, 0) is 0 Å². The summed E-state index contributed by atoms with van der Waals surface area (Å²) in [7, 11) is 0. The maximum absolute atomic E-state index is 9.17. The van der Waals surface area contributed by atoms with Gasteiger partial charge in [0.2, 0.25) is 0 Å². The minimum absolute atomic E-state index is 0.277. The first-order valence-electron chi connectivity index (χ1n) is 5.17. The van der Waals surface area contributed by atoms with E-state index in [0.717, 1.165) is 6.42 Å². The molecule has 1 aliphatic heterocycles. The number of nitrogens with one attached hydrogen (secondary N) is 1. The van der Waals surface area contributed by atoms with Crippen LogP contribution in [0.1, 0.15) is 26.7 Å². The number of aliphatic hydroxyl groups is 1. The van der Waals surface area contributed by atoms with Gasteiger partial charge in [0.25, 0.3) is 0 Å². The van der Waals surface area contributed by atoms with Crippen molar-refractivity contribution in [3.63, 3.8) is 0 Å². The number of rotatable bonds is 5. The lowest BCUT2D eigenvalue weighted by Crippen LogP contribution is -2.41. The van der Waals surface area contributed by atoms with E-state index in [-0.39, 0.29) is 6.61 Å². The fourth-order valence-electron chi connectivity index (χ4n) is 1.76. The van der Waals surface area contributed by atoms with Crippen LogP contribution in [0.25, 0.3) is 0 Å². The van der Waals surface area contributed by atoms with Crippen molar-refractivity contribution in [2.75, 3.05) is 18.1 Å². The van der Waals surface area contributed by atoms with Crippen LogP contribution in [-0.4, -0.2) is 35.3 Å². The van der Waals surface area contributed by atoms with E-state index in [9.17, 15) is 0 Å². The van der Waals surface area contributed by atoms with E-state index < -0.39 is 0 Å². The average molecular weight is 203 g/mol. The molecule has 0 saturated carbocycles. The minimum atomic E-state index is 0.277. The predicted molar refractivity (Wildman–Crippen MR) is 59.2 cm³/mol. The van der Waals surface area contributed by atoms with Crippen molar-refractivity contribution in [2.45, 2.75) is 38.8 Å². The number of aliphatic hydroxyl groups excluding tert-OH is 1. The average Bonchev–Trinajstić information content (AvgIpc) is 2.55. The normalized spacial score (nSPS) is 25.4. The summed E-state index contributed by atoms with van der Waals surface area (Å²) in [6.07, 6.45) is 2.34. The van der Waals surface area contributed by atoms with E-state index in [1.807, 2.05) is 11.8 Å². The van der Waals surface area contributed by atoms with Gasteiger partial charge in [-0.15, -0.1) is 0 Å². The monoisotopic (exact) mass is 203 g/mol. The lowest BCUT2D eigenvalue weighted by Gasteiger charge is -2.22. The molecule has 0 spiro atoms. The van der Waals surface area contributed by atoms with Gasteiger partial charge >= 0.3 is 0 Å². The first-order valence-corrected chi connectivity index (χ1v) is 6.32. The van der Waals surface area contributed by atoms with Crippen molar-refractivity contribution in [1.82, 2.24) is 5.32 Å². The summed E-state index contributed by atoms with van der Waals surface area (Å²) < 4.78 is 0. The molecule has 0 aliphatic carbocycles. The van der Waals surface area contributed by atoms with Crippen LogP contribution in [0.4, 0.5) is 0 Å². The molecule has 2 atom stereocenters. The SMILES string of the molecule is CC(C)C[C@H](CO)N[C@@H]1CCSC1. The first-order chi connectivity index (χ1) is 6.22. The topological polar surface area (TPSA) is 32.3 Å². The molecule has 0 bridgehead atoms. The van der Waals surface area contributed by atoms with Gasteiger partial charge in [0, 0.05) is 17.8 Å². The zero-order valence-corrected chi connectivity index (χ0v) is 9.44. The minimum Gasteiger partial charge on any atom is -0.395 e. The van der Waals surface area contributed by atoms with Gasteiger partial charge in [-0.05, 0) is 24.5 Å². The molecule has 3 heteroatoms. The molecule has 1 fully saturated rings. The number of thioether (sulfide) groups is 1. The Hall–Kier alpha value is 0.270. The predicted octanol–water partition coefficient (Wildman–Crippen LogP) is 1.49. The summed E-state index contributed by atoms with van der Waals surface area (Å²) in [5, 5.41) is 12.7. The summed E-state index contributed by atoms with van der Waals surface area (Å²) in [6, 6.07) is 0.949. The molecule has 1 saturated heterocycles. The third kappa shape index (κ3) is 4.34. The highest BCUT2D eigenvalue weighted by molar-refractivity contribution is 7.99. The first kappa shape index (κ1) is 11.3. The van der Waals surface area contributed by atoms with Gasteiger partial charge in [-0.2, -0.15) is 11.8 Å². The molecule has 2 N–H and O–H groups in total. The molecule has 2 nitrogen and oxygen atoms in total. The molecule has 0 unspecified atom stereocenters. The number of hydrogen-bond acceptors (Lipinski definition) is 3. The smallest absolute Gasteiger partial charge is 0.0584 e. The number of hydrogen-bond donors (Lipinski definition) is 2. The quantitative estimate of drug-likeness (QED) is 0.710. The third-order valence-electron chi connectivity index (χ3n) is 2.38. The highest BCUT2D eigenvalue weighted by Gasteiger charge is 2.19. The Balaban J connectivity index is 2.21. The van der Waals surface area contributed by atoms with E-state index >= 15 is 0 Å². The van der Waals surface area contributed by atoms with E-state index in [2.05, 4.69) is 19.2 Å². The Morgan fingerprint density at radius 3 is 2.77 bits per heavy atom. The van der Waals surface area contributed by atoms with E-state index in [1.165, 1.54) is 17.9 Å². The van der Waals surface area contributed by atoms with Crippen molar-refractivity contribution in [1.29, 1.82) is 0 Å². The van der Waals surface area contributed by atoms with Crippen molar-refractivity contribution in [3.05, 3.63) is 0 Å². The van der Waals surface area contributed by atoms with Gasteiger partial charge in [0.1, 0.15) is 0 Å². The lowest BCUT2D eigenvalue weighted by molar-refractivity contribution is 0.215. The Bertz CT molecular complexity index is 135. The maximum Gasteiger partial charge on any atom is 0.0584 e. The molecule has 1 heterocycles. The molecule has 78 valence electrons. The molecule has 0 radical (unpaired) electrons. The van der Waals surface area contributed by atoms with E-state index in [1.54, 1.807) is 0 Å². The van der Waals surface area contributed by atoms with Crippen molar-refractivity contribution < 1.29 is 5.11 Å². The van der Waals surface area contributed by atoms with Crippen LogP contribution < -0.4 is 5.32 Å². The van der Waals surface area contributed by atoms with Gasteiger partial charge < -0.3 is 10.4 Å². The van der Waals surface area contributed by atoms with Crippen molar-refractivity contribution in [2.24, 2.45) is 5.92 Å². The highest BCUT2D eigenvalue weighted by Crippen LogP contribution is 2.18. The zero-order chi connectivity index (χ0) is 9.68. The summed E-state index contributed by atoms with van der Waals surface area (Å²) in [6.45, 7) is 4.68. The molecule has 1 rings (SSSR count). The van der Waals surface area contributed by atoms with Gasteiger partial charge in [0.05, 0.1) is 6.61 Å². The zero-order valence-electron chi connectivity index (χ0n) is 8.62. The van der Waals surface area contributed by atoms with Crippen molar-refractivity contribution in [3.8, 4) is 0 Å². The van der Waals surface area contributed by atoms with Crippen LogP contribution in [0.15, 0.2) is 0 Å². The molecule has 1 aliphatic rings. The fourth-order valence-corrected chi connectivity index (χ4v) is 2.93. The van der Waals surface area contributed by atoms with Gasteiger partial charge in [-0.1, -0.05) is 13.8 Å². The molecular weight excluding hydrogens is 182 g/mol. The Kier molecular flexibility index (Phi) is 5.14. The maximum atomic E-state index is 9.17. The van der Waals surface area contributed by atoms with Crippen LogP contribution in [0.5, 0.6) is 0 Å². The lowest BCUT2D eigenvalue weighted by atomic mass is 10.0. The van der Waals surface area contributed by atoms with Crippen molar-refractivity contribution >= 4 is 11.8 Å². The van der Waals surface area contributed by atoms with Gasteiger partial charge in [-0.25, -0.2) is 0 Å². The molecule has 0 amide bonds. The Morgan fingerprint density at radius 1 is 1.54 bits per heavy atom. The standard InChI is InChI=1S/C10H21NOS/c1-8(2)5-10(6-12)11-9-3-4-13-7-9/h8-12H,3-7H2,1-2H3/t9-,10-/m1/s1. The van der Waals surface area contributed by atoms with Crippen LogP contribution in [0, 0.1) is 5.92 Å². The molecule has 0 aromatic rings. The van der Waals surface area contributed by atoms with E-state index in [4.69, 9.17) is 5.11 Å². The Labute approximate surface area is 85.5 Å². The third-order valence-corrected chi connectivity index (χ3v) is 3.54. The Morgan fingerprint density at radius 2 is 2.31 bits per heavy atom. The van der Waals surface area contributed by atoms with Crippen LogP contribution in [0.2, 0.25) is 0 Å². The largest absolute Gasteiger partial charge is 0.395 e. The summed E-state index contributed by atoms with van der Waals surface area (Å²) >= 11 is 2.01. The highest BCUT2D eigenvalue weighted by atomic mass is 32.2. The summed E-state index contributed by atoms with van der Waals surface area (Å²) in [5.74, 6) is 3.16. The molecular formula is C10H21NOS.